The third-order valence-electron chi connectivity index (χ3n) is 5.80. The van der Waals surface area contributed by atoms with E-state index in [9.17, 15) is 4.79 Å². The molecule has 2 aromatic heterocycles. The Morgan fingerprint density at radius 2 is 2.00 bits per heavy atom. The first-order valence-corrected chi connectivity index (χ1v) is 9.49. The van der Waals surface area contributed by atoms with Crippen molar-refractivity contribution in [2.24, 2.45) is 5.73 Å². The minimum atomic E-state index is -0.662. The Hall–Kier alpha value is -3.06. The number of likely N-dealkylation sites (tertiary alicyclic amines) is 1. The lowest BCUT2D eigenvalue weighted by molar-refractivity contribution is -0.225. The van der Waals surface area contributed by atoms with Gasteiger partial charge >= 0.3 is 6.03 Å². The van der Waals surface area contributed by atoms with Crippen LogP contribution in [0.5, 0.6) is 5.75 Å². The minimum absolute atomic E-state index is 0.389. The number of aryl methyl sites for hydroxylation is 1. The average molecular weight is 378 g/mol. The monoisotopic (exact) mass is 378 g/mol. The standard InChI is InChI=1S/C21H22N4O3/c1-14-18(4-3-17-6-9-23-25(14)17)15-2-5-19-16(12-15)13-27-21(28-19)7-10-24(11-8-21)20(22)26/h2-6,9,12H,7-8,10-11,13H2,1H3,(H2,22,26). The maximum absolute atomic E-state index is 11.3. The van der Waals surface area contributed by atoms with Crippen LogP contribution in [0.2, 0.25) is 0 Å². The molecule has 0 aliphatic carbocycles. The van der Waals surface area contributed by atoms with Gasteiger partial charge in [-0.1, -0.05) is 12.1 Å². The van der Waals surface area contributed by atoms with Crippen molar-refractivity contribution >= 4 is 11.5 Å². The molecule has 2 aliphatic rings. The Labute approximate surface area is 162 Å². The molecule has 0 unspecified atom stereocenters. The van der Waals surface area contributed by atoms with Crippen molar-refractivity contribution in [1.82, 2.24) is 14.5 Å². The van der Waals surface area contributed by atoms with E-state index in [1.54, 1.807) is 4.90 Å². The van der Waals surface area contributed by atoms with Crippen LogP contribution in [0, 0.1) is 6.92 Å². The maximum atomic E-state index is 11.3. The third-order valence-corrected chi connectivity index (χ3v) is 5.80. The average Bonchev–Trinajstić information content (AvgIpc) is 3.18. The second-order valence-corrected chi connectivity index (χ2v) is 7.45. The quantitative estimate of drug-likeness (QED) is 0.705. The van der Waals surface area contributed by atoms with Gasteiger partial charge in [0.05, 0.1) is 12.1 Å². The Balaban J connectivity index is 1.42. The minimum Gasteiger partial charge on any atom is -0.462 e. The van der Waals surface area contributed by atoms with Crippen LogP contribution in [0.1, 0.15) is 24.1 Å². The fourth-order valence-corrected chi connectivity index (χ4v) is 4.14. The van der Waals surface area contributed by atoms with Gasteiger partial charge in [0.25, 0.3) is 0 Å². The molecule has 7 heteroatoms. The number of hydrogen-bond acceptors (Lipinski definition) is 4. The number of ether oxygens (including phenoxy) is 2. The summed E-state index contributed by atoms with van der Waals surface area (Å²) in [5.41, 5.74) is 10.8. The van der Waals surface area contributed by atoms with Crippen LogP contribution in [0.25, 0.3) is 16.6 Å². The number of fused-ring (bicyclic) bond motifs is 2. The molecule has 0 atom stereocenters. The van der Waals surface area contributed by atoms with E-state index in [4.69, 9.17) is 15.2 Å². The molecule has 2 N–H and O–H groups in total. The van der Waals surface area contributed by atoms with Crippen LogP contribution in [0.3, 0.4) is 0 Å². The molecule has 2 aliphatic heterocycles. The van der Waals surface area contributed by atoms with Gasteiger partial charge in [0.1, 0.15) is 5.75 Å². The Morgan fingerprint density at radius 3 is 2.79 bits per heavy atom. The summed E-state index contributed by atoms with van der Waals surface area (Å²) in [6.45, 7) is 3.66. The first kappa shape index (κ1) is 17.1. The second kappa shape index (κ2) is 6.24. The summed E-state index contributed by atoms with van der Waals surface area (Å²) in [5, 5.41) is 4.40. The summed E-state index contributed by atoms with van der Waals surface area (Å²) in [6.07, 6.45) is 3.04. The van der Waals surface area contributed by atoms with Crippen LogP contribution >= 0.6 is 0 Å². The molecule has 1 saturated heterocycles. The highest BCUT2D eigenvalue weighted by atomic mass is 16.7. The largest absolute Gasteiger partial charge is 0.462 e. The van der Waals surface area contributed by atoms with E-state index in [0.29, 0.717) is 32.5 Å². The summed E-state index contributed by atoms with van der Waals surface area (Å²) < 4.78 is 14.3. The molecule has 1 aromatic carbocycles. The molecule has 4 heterocycles. The molecule has 0 radical (unpaired) electrons. The first-order valence-electron chi connectivity index (χ1n) is 9.49. The van der Waals surface area contributed by atoms with E-state index in [1.165, 1.54) is 0 Å². The van der Waals surface area contributed by atoms with Crippen LogP contribution in [0.4, 0.5) is 4.79 Å². The van der Waals surface area contributed by atoms with E-state index in [0.717, 1.165) is 33.7 Å². The number of carbonyl (C=O) groups excluding carboxylic acids is 1. The number of nitrogens with zero attached hydrogens (tertiary/aromatic N) is 3. The van der Waals surface area contributed by atoms with Crippen LogP contribution in [-0.2, 0) is 11.3 Å². The van der Waals surface area contributed by atoms with Gasteiger partial charge in [-0.3, -0.25) is 0 Å². The van der Waals surface area contributed by atoms with E-state index in [-0.39, 0.29) is 6.03 Å². The summed E-state index contributed by atoms with van der Waals surface area (Å²) in [4.78, 5) is 13.0. The molecule has 0 bridgehead atoms. The Kier molecular flexibility index (Phi) is 3.80. The number of pyridine rings is 1. The molecule has 0 saturated carbocycles. The lowest BCUT2D eigenvalue weighted by atomic mass is 9.98. The summed E-state index contributed by atoms with van der Waals surface area (Å²) in [5.74, 6) is 0.185. The summed E-state index contributed by atoms with van der Waals surface area (Å²) in [7, 11) is 0. The van der Waals surface area contributed by atoms with Crippen molar-refractivity contribution in [1.29, 1.82) is 0 Å². The summed E-state index contributed by atoms with van der Waals surface area (Å²) >= 11 is 0. The molecule has 1 spiro atoms. The molecular weight excluding hydrogens is 356 g/mol. The second-order valence-electron chi connectivity index (χ2n) is 7.45. The number of rotatable bonds is 1. The number of urea groups is 1. The number of benzene rings is 1. The number of primary amides is 1. The smallest absolute Gasteiger partial charge is 0.314 e. The first-order chi connectivity index (χ1) is 13.5. The highest BCUT2D eigenvalue weighted by Gasteiger charge is 2.41. The van der Waals surface area contributed by atoms with E-state index >= 15 is 0 Å². The third kappa shape index (κ3) is 2.70. The molecule has 7 nitrogen and oxygen atoms in total. The van der Waals surface area contributed by atoms with Gasteiger partial charge in [-0.05, 0) is 36.8 Å². The van der Waals surface area contributed by atoms with Crippen molar-refractivity contribution in [3.05, 3.63) is 53.9 Å². The number of carbonyl (C=O) groups is 1. The van der Waals surface area contributed by atoms with Crippen LogP contribution < -0.4 is 10.5 Å². The lowest BCUT2D eigenvalue weighted by Gasteiger charge is -2.43. The van der Waals surface area contributed by atoms with Crippen LogP contribution in [-0.4, -0.2) is 39.4 Å². The van der Waals surface area contributed by atoms with Crippen LogP contribution in [0.15, 0.2) is 42.6 Å². The number of piperidine rings is 1. The number of hydrogen-bond donors (Lipinski definition) is 1. The fourth-order valence-electron chi connectivity index (χ4n) is 4.14. The van der Waals surface area contributed by atoms with Crippen molar-refractivity contribution in [2.75, 3.05) is 13.1 Å². The number of nitrogens with two attached hydrogens (primary N) is 1. The Bertz CT molecular complexity index is 1070. The number of amides is 2. The molecule has 1 fully saturated rings. The van der Waals surface area contributed by atoms with Gasteiger partial charge < -0.3 is 20.1 Å². The van der Waals surface area contributed by atoms with Crippen molar-refractivity contribution in [2.45, 2.75) is 32.2 Å². The number of aromatic nitrogens is 2. The molecule has 5 rings (SSSR count). The van der Waals surface area contributed by atoms with Gasteiger partial charge in [-0.25, -0.2) is 9.31 Å². The molecule has 2 amide bonds. The predicted octanol–water partition coefficient (Wildman–Crippen LogP) is 3.09. The SMILES string of the molecule is Cc1c(-c2ccc3c(c2)COC2(CCN(C(N)=O)CC2)O3)ccc2ccnn12. The van der Waals surface area contributed by atoms with Gasteiger partial charge in [0, 0.05) is 48.9 Å². The zero-order valence-electron chi connectivity index (χ0n) is 15.7. The highest BCUT2D eigenvalue weighted by Crippen LogP contribution is 2.39. The highest BCUT2D eigenvalue weighted by molar-refractivity contribution is 5.72. The van der Waals surface area contributed by atoms with E-state index in [1.807, 2.05) is 22.8 Å². The molecule has 144 valence electrons. The van der Waals surface area contributed by atoms with Gasteiger partial charge in [-0.2, -0.15) is 5.10 Å². The zero-order valence-corrected chi connectivity index (χ0v) is 15.7. The molecule has 3 aromatic rings. The topological polar surface area (TPSA) is 82.1 Å². The van der Waals surface area contributed by atoms with Gasteiger partial charge in [0.15, 0.2) is 0 Å². The van der Waals surface area contributed by atoms with E-state index < -0.39 is 5.79 Å². The van der Waals surface area contributed by atoms with Crippen molar-refractivity contribution in [3.63, 3.8) is 0 Å². The summed E-state index contributed by atoms with van der Waals surface area (Å²) in [6, 6.07) is 12.0. The zero-order chi connectivity index (χ0) is 19.3. The van der Waals surface area contributed by atoms with Crippen molar-refractivity contribution in [3.8, 4) is 16.9 Å². The Morgan fingerprint density at radius 1 is 1.18 bits per heavy atom. The van der Waals surface area contributed by atoms with Gasteiger partial charge in [-0.15, -0.1) is 0 Å². The maximum Gasteiger partial charge on any atom is 0.314 e. The van der Waals surface area contributed by atoms with Gasteiger partial charge in [0.2, 0.25) is 5.79 Å². The normalized spacial score (nSPS) is 18.1. The fraction of sp³-hybridized carbons (Fsp3) is 0.333. The molecule has 28 heavy (non-hydrogen) atoms. The predicted molar refractivity (Wildman–Crippen MR) is 104 cm³/mol. The van der Waals surface area contributed by atoms with Crippen molar-refractivity contribution < 1.29 is 14.3 Å². The molecular formula is C21H22N4O3. The van der Waals surface area contributed by atoms with E-state index in [2.05, 4.69) is 36.3 Å². The lowest BCUT2D eigenvalue weighted by Crippen LogP contribution is -2.53.